The van der Waals surface area contributed by atoms with E-state index in [1.54, 1.807) is 19.4 Å². The predicted molar refractivity (Wildman–Crippen MR) is 91.7 cm³/mol. The molecule has 6 nitrogen and oxygen atoms in total. The number of fused-ring (bicyclic) bond motifs is 1. The Balaban J connectivity index is 2.57. The molecule has 0 aliphatic carbocycles. The molecule has 1 amide bonds. The summed E-state index contributed by atoms with van der Waals surface area (Å²) in [6.45, 7) is 5.59. The van der Waals surface area contributed by atoms with Gasteiger partial charge in [-0.05, 0) is 18.1 Å². The molecule has 0 atom stereocenters. The van der Waals surface area contributed by atoms with E-state index in [1.165, 1.54) is 0 Å². The highest BCUT2D eigenvalue weighted by Gasteiger charge is 2.17. The van der Waals surface area contributed by atoms with Gasteiger partial charge in [-0.3, -0.25) is 9.59 Å². The molecule has 0 bridgehead atoms. The van der Waals surface area contributed by atoms with Gasteiger partial charge >= 0.3 is 0 Å². The number of aromatic nitrogens is 1. The van der Waals surface area contributed by atoms with Crippen LogP contribution in [0.2, 0.25) is 0 Å². The van der Waals surface area contributed by atoms with E-state index in [2.05, 4.69) is 19.2 Å². The lowest BCUT2D eigenvalue weighted by atomic mass is 10.1. The molecule has 0 saturated heterocycles. The zero-order chi connectivity index (χ0) is 17.0. The van der Waals surface area contributed by atoms with Gasteiger partial charge in [0.2, 0.25) is 5.43 Å². The van der Waals surface area contributed by atoms with Crippen LogP contribution in [0.1, 0.15) is 24.2 Å². The number of carbonyl (C=O) groups is 1. The minimum absolute atomic E-state index is 0.104. The Kier molecular flexibility index (Phi) is 5.39. The van der Waals surface area contributed by atoms with Gasteiger partial charge in [-0.2, -0.15) is 0 Å². The van der Waals surface area contributed by atoms with Crippen molar-refractivity contribution in [3.63, 3.8) is 0 Å². The highest BCUT2D eigenvalue weighted by Crippen LogP contribution is 2.19. The molecular formula is C17H23N3O3. The number of pyridine rings is 1. The summed E-state index contributed by atoms with van der Waals surface area (Å²) in [6, 6.07) is 5.34. The zero-order valence-corrected chi connectivity index (χ0v) is 13.8. The average Bonchev–Trinajstić information content (AvgIpc) is 2.49. The second-order valence-corrected chi connectivity index (χ2v) is 5.91. The van der Waals surface area contributed by atoms with E-state index in [0.29, 0.717) is 36.7 Å². The van der Waals surface area contributed by atoms with E-state index in [1.807, 2.05) is 16.7 Å². The Morgan fingerprint density at radius 1 is 1.39 bits per heavy atom. The Labute approximate surface area is 135 Å². The number of anilines is 1. The molecule has 0 saturated carbocycles. The summed E-state index contributed by atoms with van der Waals surface area (Å²) in [5.74, 6) is -0.0405. The molecule has 1 aromatic carbocycles. The number of benzene rings is 1. The number of rotatable bonds is 6. The van der Waals surface area contributed by atoms with Crippen LogP contribution in [0.5, 0.6) is 0 Å². The molecule has 23 heavy (non-hydrogen) atoms. The van der Waals surface area contributed by atoms with E-state index >= 15 is 0 Å². The van der Waals surface area contributed by atoms with Gasteiger partial charge in [0, 0.05) is 32.1 Å². The number of ether oxygens (including phenoxy) is 1. The SMILES string of the molecule is COCCNC(=O)c1cn(CC(C)C)c2cccc(N)c2c1=O. The summed E-state index contributed by atoms with van der Waals surface area (Å²) >= 11 is 0. The molecule has 0 aliphatic heterocycles. The molecule has 0 fully saturated rings. The minimum Gasteiger partial charge on any atom is -0.398 e. The summed E-state index contributed by atoms with van der Waals surface area (Å²) in [5, 5.41) is 3.08. The van der Waals surface area contributed by atoms with Crippen molar-refractivity contribution in [3.05, 3.63) is 40.2 Å². The van der Waals surface area contributed by atoms with Crippen molar-refractivity contribution in [3.8, 4) is 0 Å². The number of nitrogen functional groups attached to an aromatic ring is 1. The third-order valence-electron chi connectivity index (χ3n) is 3.54. The Bertz CT molecular complexity index is 766. The highest BCUT2D eigenvalue weighted by atomic mass is 16.5. The normalized spacial score (nSPS) is 11.1. The third kappa shape index (κ3) is 3.71. The van der Waals surface area contributed by atoms with Crippen molar-refractivity contribution in [2.75, 3.05) is 26.0 Å². The summed E-state index contributed by atoms with van der Waals surface area (Å²) in [6.07, 6.45) is 1.62. The second kappa shape index (κ2) is 7.28. The van der Waals surface area contributed by atoms with Gasteiger partial charge in [-0.1, -0.05) is 19.9 Å². The number of methoxy groups -OCH3 is 1. The van der Waals surface area contributed by atoms with E-state index in [0.717, 1.165) is 5.52 Å². The zero-order valence-electron chi connectivity index (χ0n) is 13.8. The van der Waals surface area contributed by atoms with Crippen molar-refractivity contribution in [1.29, 1.82) is 0 Å². The summed E-state index contributed by atoms with van der Waals surface area (Å²) in [5.41, 5.74) is 6.88. The standard InChI is InChI=1S/C17H23N3O3/c1-11(2)9-20-10-12(17(22)19-7-8-23-3)16(21)15-13(18)5-4-6-14(15)20/h4-6,10-11H,7-9,18H2,1-3H3,(H,19,22). The first-order valence-corrected chi connectivity index (χ1v) is 7.64. The van der Waals surface area contributed by atoms with Gasteiger partial charge in [0.05, 0.1) is 17.5 Å². The maximum Gasteiger partial charge on any atom is 0.256 e. The van der Waals surface area contributed by atoms with Gasteiger partial charge < -0.3 is 20.4 Å². The lowest BCUT2D eigenvalue weighted by Gasteiger charge is -2.16. The van der Waals surface area contributed by atoms with Crippen LogP contribution in [0.25, 0.3) is 10.9 Å². The number of nitrogens with zero attached hydrogens (tertiary/aromatic N) is 1. The first-order chi connectivity index (χ1) is 11.0. The van der Waals surface area contributed by atoms with Crippen molar-refractivity contribution in [2.24, 2.45) is 5.92 Å². The smallest absolute Gasteiger partial charge is 0.256 e. The summed E-state index contributed by atoms with van der Waals surface area (Å²) in [4.78, 5) is 25.0. The van der Waals surface area contributed by atoms with Gasteiger partial charge in [0.25, 0.3) is 5.91 Å². The molecule has 1 aromatic heterocycles. The topological polar surface area (TPSA) is 86.3 Å². The number of hydrogen-bond donors (Lipinski definition) is 2. The van der Waals surface area contributed by atoms with E-state index in [9.17, 15) is 9.59 Å². The predicted octanol–water partition coefficient (Wildman–Crippen LogP) is 1.62. The van der Waals surface area contributed by atoms with Crippen LogP contribution < -0.4 is 16.5 Å². The summed E-state index contributed by atoms with van der Waals surface area (Å²) in [7, 11) is 1.55. The van der Waals surface area contributed by atoms with Crippen LogP contribution in [-0.2, 0) is 11.3 Å². The first kappa shape index (κ1) is 17.0. The Morgan fingerprint density at radius 3 is 2.78 bits per heavy atom. The molecular weight excluding hydrogens is 294 g/mol. The third-order valence-corrected chi connectivity index (χ3v) is 3.54. The van der Waals surface area contributed by atoms with Crippen LogP contribution in [0, 0.1) is 5.92 Å². The lowest BCUT2D eigenvalue weighted by molar-refractivity contribution is 0.0935. The molecule has 6 heteroatoms. The average molecular weight is 317 g/mol. The maximum absolute atomic E-state index is 12.7. The molecule has 124 valence electrons. The molecule has 2 aromatic rings. The van der Waals surface area contributed by atoms with Crippen molar-refractivity contribution >= 4 is 22.5 Å². The number of nitrogens with one attached hydrogen (secondary N) is 1. The van der Waals surface area contributed by atoms with E-state index in [4.69, 9.17) is 10.5 Å². The first-order valence-electron chi connectivity index (χ1n) is 7.64. The fraction of sp³-hybridized carbons (Fsp3) is 0.412. The number of nitrogens with two attached hydrogens (primary N) is 1. The van der Waals surface area contributed by atoms with E-state index in [-0.39, 0.29) is 11.0 Å². The number of hydrogen-bond acceptors (Lipinski definition) is 4. The lowest BCUT2D eigenvalue weighted by Crippen LogP contribution is -2.32. The maximum atomic E-state index is 12.7. The van der Waals surface area contributed by atoms with Crippen molar-refractivity contribution in [1.82, 2.24) is 9.88 Å². The molecule has 0 unspecified atom stereocenters. The Morgan fingerprint density at radius 2 is 2.13 bits per heavy atom. The molecule has 0 radical (unpaired) electrons. The van der Waals surface area contributed by atoms with Crippen LogP contribution in [0.4, 0.5) is 5.69 Å². The number of amides is 1. The minimum atomic E-state index is -0.408. The van der Waals surface area contributed by atoms with Crippen LogP contribution in [0.3, 0.4) is 0 Å². The van der Waals surface area contributed by atoms with Gasteiger partial charge in [-0.25, -0.2) is 0 Å². The van der Waals surface area contributed by atoms with Crippen molar-refractivity contribution in [2.45, 2.75) is 20.4 Å². The number of carbonyl (C=O) groups excluding carboxylic acids is 1. The second-order valence-electron chi connectivity index (χ2n) is 5.91. The van der Waals surface area contributed by atoms with Gasteiger partial charge in [-0.15, -0.1) is 0 Å². The fourth-order valence-electron chi connectivity index (χ4n) is 2.53. The van der Waals surface area contributed by atoms with Crippen LogP contribution in [0.15, 0.2) is 29.2 Å². The monoisotopic (exact) mass is 317 g/mol. The quantitative estimate of drug-likeness (QED) is 0.626. The molecule has 2 rings (SSSR count). The molecule has 0 spiro atoms. The molecule has 1 heterocycles. The summed E-state index contributed by atoms with van der Waals surface area (Å²) < 4.78 is 6.83. The van der Waals surface area contributed by atoms with Crippen molar-refractivity contribution < 1.29 is 9.53 Å². The van der Waals surface area contributed by atoms with E-state index < -0.39 is 5.91 Å². The Hall–Kier alpha value is -2.34. The molecule has 0 aliphatic rings. The largest absolute Gasteiger partial charge is 0.398 e. The van der Waals surface area contributed by atoms with Gasteiger partial charge in [0.15, 0.2) is 0 Å². The van der Waals surface area contributed by atoms with Gasteiger partial charge in [0.1, 0.15) is 5.56 Å². The fourth-order valence-corrected chi connectivity index (χ4v) is 2.53. The van der Waals surface area contributed by atoms with Crippen LogP contribution >= 0.6 is 0 Å². The molecule has 3 N–H and O–H groups in total. The van der Waals surface area contributed by atoms with Crippen LogP contribution in [-0.4, -0.2) is 30.7 Å². The highest BCUT2D eigenvalue weighted by molar-refractivity contribution is 6.00.